The van der Waals surface area contributed by atoms with Crippen LogP contribution in [0.2, 0.25) is 0 Å². The second-order valence-electron chi connectivity index (χ2n) is 6.63. The summed E-state index contributed by atoms with van der Waals surface area (Å²) in [6.45, 7) is -0.250. The van der Waals surface area contributed by atoms with E-state index < -0.39 is 23.3 Å². The van der Waals surface area contributed by atoms with Crippen molar-refractivity contribution in [1.82, 2.24) is 14.0 Å². The number of aliphatic carboxylic acids is 1. The van der Waals surface area contributed by atoms with Crippen LogP contribution >= 0.6 is 0 Å². The average Bonchev–Trinajstić information content (AvgIpc) is 2.95. The zero-order chi connectivity index (χ0) is 17.4. The van der Waals surface area contributed by atoms with Crippen LogP contribution in [0.3, 0.4) is 0 Å². The summed E-state index contributed by atoms with van der Waals surface area (Å²) in [7, 11) is 1.35. The van der Waals surface area contributed by atoms with Crippen LogP contribution in [0, 0.1) is 5.92 Å². The Morgan fingerprint density at radius 2 is 1.96 bits per heavy atom. The van der Waals surface area contributed by atoms with Gasteiger partial charge in [0, 0.05) is 25.4 Å². The van der Waals surface area contributed by atoms with Gasteiger partial charge in [-0.2, -0.15) is 0 Å². The maximum atomic E-state index is 12.7. The maximum absolute atomic E-state index is 12.7. The molecule has 2 heterocycles. The van der Waals surface area contributed by atoms with E-state index in [-0.39, 0.29) is 24.4 Å². The van der Waals surface area contributed by atoms with E-state index in [0.717, 1.165) is 34.8 Å². The van der Waals surface area contributed by atoms with Crippen LogP contribution in [-0.2, 0) is 23.2 Å². The molecule has 1 aliphatic carbocycles. The molecule has 0 bridgehead atoms. The highest BCUT2D eigenvalue weighted by Gasteiger charge is 2.47. The van der Waals surface area contributed by atoms with Gasteiger partial charge in [0.15, 0.2) is 0 Å². The van der Waals surface area contributed by atoms with Gasteiger partial charge in [0.2, 0.25) is 5.91 Å². The van der Waals surface area contributed by atoms with Crippen molar-refractivity contribution in [2.45, 2.75) is 50.7 Å². The normalized spacial score (nSPS) is 26.2. The molecule has 3 atom stereocenters. The molecular formula is C16H21N3O5. The second kappa shape index (κ2) is 6.26. The largest absolute Gasteiger partial charge is 0.480 e. The Morgan fingerprint density at radius 3 is 2.67 bits per heavy atom. The fraction of sp³-hybridized carbons (Fsp3) is 0.625. The number of carbonyl (C=O) groups is 2. The molecule has 2 fully saturated rings. The molecule has 2 aliphatic rings. The third kappa shape index (κ3) is 2.76. The van der Waals surface area contributed by atoms with E-state index in [0.29, 0.717) is 6.42 Å². The number of carboxylic acid groups (broad SMARTS) is 1. The van der Waals surface area contributed by atoms with Crippen LogP contribution in [0.4, 0.5) is 0 Å². The molecule has 8 nitrogen and oxygen atoms in total. The molecule has 1 aromatic heterocycles. The minimum Gasteiger partial charge on any atom is -0.480 e. The Kier molecular flexibility index (Phi) is 4.29. The summed E-state index contributed by atoms with van der Waals surface area (Å²) >= 11 is 0. The number of fused-ring (bicyclic) bond motifs is 1. The molecular weight excluding hydrogens is 314 g/mol. The van der Waals surface area contributed by atoms with Gasteiger partial charge in [-0.3, -0.25) is 18.7 Å². The van der Waals surface area contributed by atoms with Crippen LogP contribution in [0.25, 0.3) is 0 Å². The summed E-state index contributed by atoms with van der Waals surface area (Å²) in [5.41, 5.74) is -1.03. The topological polar surface area (TPSA) is 102 Å². The van der Waals surface area contributed by atoms with E-state index in [4.69, 9.17) is 0 Å². The zero-order valence-electron chi connectivity index (χ0n) is 13.6. The molecule has 1 aliphatic heterocycles. The van der Waals surface area contributed by atoms with Crippen molar-refractivity contribution in [3.05, 3.63) is 33.1 Å². The van der Waals surface area contributed by atoms with Crippen molar-refractivity contribution >= 4 is 11.9 Å². The highest BCUT2D eigenvalue weighted by atomic mass is 16.4. The Morgan fingerprint density at radius 1 is 1.25 bits per heavy atom. The van der Waals surface area contributed by atoms with Crippen LogP contribution in [0.5, 0.6) is 0 Å². The van der Waals surface area contributed by atoms with E-state index in [1.54, 1.807) is 0 Å². The Balaban J connectivity index is 1.87. The van der Waals surface area contributed by atoms with Crippen molar-refractivity contribution < 1.29 is 14.7 Å². The second-order valence-corrected chi connectivity index (χ2v) is 6.63. The van der Waals surface area contributed by atoms with Gasteiger partial charge in [-0.15, -0.1) is 0 Å². The number of aromatic nitrogens is 2. The van der Waals surface area contributed by atoms with Gasteiger partial charge in [-0.1, -0.05) is 12.8 Å². The van der Waals surface area contributed by atoms with Crippen LogP contribution in [0.15, 0.2) is 21.9 Å². The third-order valence-electron chi connectivity index (χ3n) is 5.23. The van der Waals surface area contributed by atoms with Gasteiger partial charge in [0.05, 0.1) is 0 Å². The Bertz CT molecular complexity index is 781. The molecule has 0 unspecified atom stereocenters. The summed E-state index contributed by atoms with van der Waals surface area (Å²) in [4.78, 5) is 49.3. The van der Waals surface area contributed by atoms with E-state index in [1.807, 2.05) is 0 Å². The molecule has 1 N–H and O–H groups in total. The number of carbonyl (C=O) groups excluding carboxylic acids is 1. The molecule has 130 valence electrons. The summed E-state index contributed by atoms with van der Waals surface area (Å²) in [5.74, 6) is -1.15. The smallest absolute Gasteiger partial charge is 0.331 e. The molecule has 0 aromatic carbocycles. The predicted octanol–water partition coefficient (Wildman–Crippen LogP) is -0.209. The molecule has 8 heteroatoms. The minimum absolute atomic E-state index is 0.0596. The highest BCUT2D eigenvalue weighted by Crippen LogP contribution is 2.39. The van der Waals surface area contributed by atoms with Crippen molar-refractivity contribution in [3.63, 3.8) is 0 Å². The van der Waals surface area contributed by atoms with E-state index >= 15 is 0 Å². The average molecular weight is 335 g/mol. The van der Waals surface area contributed by atoms with Crippen molar-refractivity contribution in [3.8, 4) is 0 Å². The molecule has 3 rings (SSSR count). The van der Waals surface area contributed by atoms with Crippen LogP contribution in [-0.4, -0.2) is 43.1 Å². The number of hydrogen-bond acceptors (Lipinski definition) is 4. The first-order chi connectivity index (χ1) is 11.4. The predicted molar refractivity (Wildman–Crippen MR) is 84.6 cm³/mol. The first kappa shape index (κ1) is 16.5. The van der Waals surface area contributed by atoms with E-state index in [1.165, 1.54) is 24.2 Å². The van der Waals surface area contributed by atoms with Crippen LogP contribution in [0.1, 0.15) is 32.1 Å². The van der Waals surface area contributed by atoms with Gasteiger partial charge < -0.3 is 10.0 Å². The lowest BCUT2D eigenvalue weighted by atomic mass is 9.85. The van der Waals surface area contributed by atoms with Crippen molar-refractivity contribution in [2.75, 3.05) is 0 Å². The Labute approximate surface area is 138 Å². The van der Waals surface area contributed by atoms with Gasteiger partial charge in [0.1, 0.15) is 12.6 Å². The molecule has 0 radical (unpaired) electrons. The number of nitrogens with zero attached hydrogens (tertiary/aromatic N) is 3. The van der Waals surface area contributed by atoms with Gasteiger partial charge >= 0.3 is 11.7 Å². The Hall–Kier alpha value is -2.38. The van der Waals surface area contributed by atoms with E-state index in [2.05, 4.69) is 0 Å². The first-order valence-electron chi connectivity index (χ1n) is 8.20. The monoisotopic (exact) mass is 335 g/mol. The van der Waals surface area contributed by atoms with Crippen LogP contribution < -0.4 is 11.2 Å². The molecule has 1 saturated heterocycles. The summed E-state index contributed by atoms with van der Waals surface area (Å²) in [5, 5.41) is 9.47. The summed E-state index contributed by atoms with van der Waals surface area (Å²) in [6, 6.07) is 0.334. The van der Waals surface area contributed by atoms with Crippen molar-refractivity contribution in [2.24, 2.45) is 13.0 Å². The van der Waals surface area contributed by atoms with Gasteiger partial charge in [-0.05, 0) is 25.2 Å². The molecule has 1 amide bonds. The van der Waals surface area contributed by atoms with Crippen molar-refractivity contribution in [1.29, 1.82) is 0 Å². The minimum atomic E-state index is -0.995. The quantitative estimate of drug-likeness (QED) is 0.824. The van der Waals surface area contributed by atoms with Gasteiger partial charge in [-0.25, -0.2) is 9.59 Å². The summed E-state index contributed by atoms with van der Waals surface area (Å²) in [6.07, 6.45) is 5.56. The zero-order valence-corrected chi connectivity index (χ0v) is 13.6. The number of hydrogen-bond donors (Lipinski definition) is 1. The number of amides is 1. The maximum Gasteiger partial charge on any atom is 0.331 e. The molecule has 1 saturated carbocycles. The lowest BCUT2D eigenvalue weighted by Gasteiger charge is -2.33. The fourth-order valence-corrected chi connectivity index (χ4v) is 4.00. The first-order valence-corrected chi connectivity index (χ1v) is 8.20. The fourth-order valence-electron chi connectivity index (χ4n) is 4.00. The van der Waals surface area contributed by atoms with E-state index in [9.17, 15) is 24.3 Å². The molecule has 0 spiro atoms. The lowest BCUT2D eigenvalue weighted by molar-refractivity contribution is -0.150. The van der Waals surface area contributed by atoms with Gasteiger partial charge in [0.25, 0.3) is 5.56 Å². The standard InChI is InChI=1S/C16H21N3O5/c1-17-13(20)6-7-18(16(17)24)9-14(21)19-11-5-3-2-4-10(11)8-12(19)15(22)23/h6-7,10-12H,2-5,8-9H2,1H3,(H,22,23)/t10-,11+,12+/m1/s1. The summed E-state index contributed by atoms with van der Waals surface area (Å²) < 4.78 is 2.08. The molecule has 1 aromatic rings. The number of rotatable bonds is 3. The number of likely N-dealkylation sites (tertiary alicyclic amines) is 1. The highest BCUT2D eigenvalue weighted by molar-refractivity contribution is 5.84. The lowest BCUT2D eigenvalue weighted by Crippen LogP contribution is -2.49. The number of carboxylic acids is 1. The SMILES string of the molecule is Cn1c(=O)ccn(CC(=O)N2[C@H](C(=O)O)C[C@H]3CCCC[C@@H]32)c1=O. The molecule has 24 heavy (non-hydrogen) atoms. The third-order valence-corrected chi connectivity index (χ3v) is 5.23.